The molecule has 132 valence electrons. The van der Waals surface area contributed by atoms with Gasteiger partial charge in [-0.1, -0.05) is 44.2 Å². The number of fused-ring (bicyclic) bond motifs is 5. The van der Waals surface area contributed by atoms with Crippen molar-refractivity contribution < 1.29 is 4.74 Å². The highest BCUT2D eigenvalue weighted by atomic mass is 32.1. The fourth-order valence-corrected chi connectivity index (χ4v) is 4.94. The van der Waals surface area contributed by atoms with Crippen LogP contribution in [0.15, 0.2) is 30.3 Å². The van der Waals surface area contributed by atoms with Crippen molar-refractivity contribution in [3.8, 4) is 11.4 Å². The van der Waals surface area contributed by atoms with Gasteiger partial charge in [0.1, 0.15) is 10.7 Å². The third kappa shape index (κ3) is 2.35. The van der Waals surface area contributed by atoms with Gasteiger partial charge in [-0.25, -0.2) is 4.98 Å². The molecule has 1 unspecified atom stereocenters. The van der Waals surface area contributed by atoms with Crippen molar-refractivity contribution in [3.05, 3.63) is 45.5 Å². The molecule has 0 spiro atoms. The monoisotopic (exact) mass is 382 g/mol. The van der Waals surface area contributed by atoms with Gasteiger partial charge < -0.3 is 4.74 Å². The summed E-state index contributed by atoms with van der Waals surface area (Å²) in [5, 5.41) is 8.63. The molecule has 0 fully saturated rings. The van der Waals surface area contributed by atoms with E-state index in [-0.39, 0.29) is 6.10 Å². The van der Waals surface area contributed by atoms with E-state index >= 15 is 0 Å². The number of nitrogens with zero attached hydrogens (tertiary/aromatic N) is 3. The number of aromatic amines is 1. The molecule has 7 heteroatoms. The summed E-state index contributed by atoms with van der Waals surface area (Å²) in [6, 6.07) is 10.1. The molecule has 26 heavy (non-hydrogen) atoms. The SMILES string of the molecule is CC(C)C1Cc2c(sc3nc(-c4ccccc4)n4c(=S)[nH]nc4c23)CO1. The fraction of sp³-hybridized carbons (Fsp3) is 0.316. The molecular formula is C19H18N4OS2. The van der Waals surface area contributed by atoms with Crippen LogP contribution < -0.4 is 0 Å². The van der Waals surface area contributed by atoms with E-state index in [2.05, 4.69) is 24.0 Å². The van der Waals surface area contributed by atoms with Crippen LogP contribution in [0.25, 0.3) is 27.3 Å². The Balaban J connectivity index is 1.83. The molecule has 0 bridgehead atoms. The second kappa shape index (κ2) is 5.97. The van der Waals surface area contributed by atoms with Crippen LogP contribution in [0.5, 0.6) is 0 Å². The summed E-state index contributed by atoms with van der Waals surface area (Å²) in [5.74, 6) is 1.30. The van der Waals surface area contributed by atoms with E-state index in [0.717, 1.165) is 33.7 Å². The van der Waals surface area contributed by atoms with Gasteiger partial charge in [0.2, 0.25) is 4.77 Å². The van der Waals surface area contributed by atoms with Gasteiger partial charge in [-0.05, 0) is 23.7 Å². The molecule has 5 rings (SSSR count). The van der Waals surface area contributed by atoms with Gasteiger partial charge in [-0.15, -0.1) is 11.3 Å². The molecule has 1 aromatic carbocycles. The van der Waals surface area contributed by atoms with Crippen LogP contribution in [0.4, 0.5) is 0 Å². The average molecular weight is 383 g/mol. The normalized spacial score (nSPS) is 17.3. The van der Waals surface area contributed by atoms with Crippen LogP contribution in [0, 0.1) is 10.7 Å². The lowest BCUT2D eigenvalue weighted by atomic mass is 9.96. The van der Waals surface area contributed by atoms with Gasteiger partial charge >= 0.3 is 0 Å². The molecular weight excluding hydrogens is 364 g/mol. The maximum Gasteiger partial charge on any atom is 0.201 e. The van der Waals surface area contributed by atoms with Crippen LogP contribution in [-0.4, -0.2) is 25.7 Å². The number of ether oxygens (including phenoxy) is 1. The zero-order valence-corrected chi connectivity index (χ0v) is 16.2. The summed E-state index contributed by atoms with van der Waals surface area (Å²) < 4.78 is 8.58. The highest BCUT2D eigenvalue weighted by molar-refractivity contribution is 7.71. The van der Waals surface area contributed by atoms with Gasteiger partial charge in [-0.2, -0.15) is 5.10 Å². The van der Waals surface area contributed by atoms with Crippen molar-refractivity contribution in [2.45, 2.75) is 33.0 Å². The van der Waals surface area contributed by atoms with Crippen LogP contribution in [0.2, 0.25) is 0 Å². The molecule has 0 saturated heterocycles. The Kier molecular flexibility index (Phi) is 3.70. The number of nitrogens with one attached hydrogen (secondary N) is 1. The van der Waals surface area contributed by atoms with Gasteiger partial charge in [-0.3, -0.25) is 9.50 Å². The van der Waals surface area contributed by atoms with Crippen LogP contribution in [-0.2, 0) is 17.8 Å². The van der Waals surface area contributed by atoms with Crippen LogP contribution >= 0.6 is 23.6 Å². The number of thiophene rings is 1. The minimum atomic E-state index is 0.232. The Morgan fingerprint density at radius 2 is 2.12 bits per heavy atom. The smallest absolute Gasteiger partial charge is 0.201 e. The molecule has 1 aliphatic rings. The molecule has 1 atom stereocenters. The van der Waals surface area contributed by atoms with Crippen molar-refractivity contribution in [1.29, 1.82) is 0 Å². The Bertz CT molecular complexity index is 1170. The molecule has 0 saturated carbocycles. The molecule has 1 aliphatic heterocycles. The lowest BCUT2D eigenvalue weighted by Gasteiger charge is -2.26. The second-order valence-corrected chi connectivity index (χ2v) is 8.44. The lowest BCUT2D eigenvalue weighted by molar-refractivity contribution is 0.00203. The first-order chi connectivity index (χ1) is 12.6. The summed E-state index contributed by atoms with van der Waals surface area (Å²) in [6.07, 6.45) is 1.13. The van der Waals surface area contributed by atoms with E-state index in [1.807, 2.05) is 34.7 Å². The summed E-state index contributed by atoms with van der Waals surface area (Å²) >= 11 is 7.22. The first-order valence-corrected chi connectivity index (χ1v) is 9.94. The van der Waals surface area contributed by atoms with Gasteiger partial charge in [0.15, 0.2) is 5.65 Å². The number of hydrogen-bond acceptors (Lipinski definition) is 5. The summed E-state index contributed by atoms with van der Waals surface area (Å²) in [4.78, 5) is 7.24. The number of rotatable bonds is 2. The van der Waals surface area contributed by atoms with Crippen LogP contribution in [0.1, 0.15) is 24.3 Å². The maximum atomic E-state index is 6.05. The highest BCUT2D eigenvalue weighted by Crippen LogP contribution is 2.39. The third-order valence-electron chi connectivity index (χ3n) is 5.00. The number of H-pyrrole nitrogens is 1. The average Bonchev–Trinajstić information content (AvgIpc) is 3.21. The van der Waals surface area contributed by atoms with E-state index in [4.69, 9.17) is 21.9 Å². The zero-order valence-electron chi connectivity index (χ0n) is 14.5. The van der Waals surface area contributed by atoms with Crippen molar-refractivity contribution in [3.63, 3.8) is 0 Å². The third-order valence-corrected chi connectivity index (χ3v) is 6.37. The Morgan fingerprint density at radius 1 is 1.31 bits per heavy atom. The van der Waals surface area contributed by atoms with E-state index in [9.17, 15) is 0 Å². The quantitative estimate of drug-likeness (QED) is 0.508. The minimum absolute atomic E-state index is 0.232. The van der Waals surface area contributed by atoms with Crippen molar-refractivity contribution in [2.75, 3.05) is 0 Å². The summed E-state index contributed by atoms with van der Waals surface area (Å²) in [7, 11) is 0. The van der Waals surface area contributed by atoms with Gasteiger partial charge in [0, 0.05) is 16.9 Å². The van der Waals surface area contributed by atoms with Gasteiger partial charge in [0.25, 0.3) is 0 Å². The summed E-state index contributed by atoms with van der Waals surface area (Å²) in [6.45, 7) is 5.06. The van der Waals surface area contributed by atoms with Crippen LogP contribution in [0.3, 0.4) is 0 Å². The molecule has 4 aromatic rings. The molecule has 3 aromatic heterocycles. The van der Waals surface area contributed by atoms with Crippen molar-refractivity contribution >= 4 is 39.4 Å². The summed E-state index contributed by atoms with van der Waals surface area (Å²) in [5.41, 5.74) is 3.21. The van der Waals surface area contributed by atoms with Crippen molar-refractivity contribution in [2.24, 2.45) is 5.92 Å². The molecule has 0 radical (unpaired) electrons. The zero-order chi connectivity index (χ0) is 17.8. The lowest BCUT2D eigenvalue weighted by Crippen LogP contribution is -2.26. The van der Waals surface area contributed by atoms with E-state index in [1.54, 1.807) is 11.3 Å². The first-order valence-electron chi connectivity index (χ1n) is 8.72. The van der Waals surface area contributed by atoms with E-state index in [0.29, 0.717) is 17.3 Å². The Morgan fingerprint density at radius 3 is 2.88 bits per heavy atom. The molecule has 5 nitrogen and oxygen atoms in total. The Hall–Kier alpha value is -2.09. The number of aromatic nitrogens is 4. The van der Waals surface area contributed by atoms with Gasteiger partial charge in [0.05, 0.1) is 18.1 Å². The second-order valence-electron chi connectivity index (χ2n) is 6.97. The molecule has 4 heterocycles. The predicted molar refractivity (Wildman–Crippen MR) is 106 cm³/mol. The molecule has 1 N–H and O–H groups in total. The van der Waals surface area contributed by atoms with E-state index < -0.39 is 0 Å². The predicted octanol–water partition coefficient (Wildman–Crippen LogP) is 4.77. The van der Waals surface area contributed by atoms with E-state index in [1.165, 1.54) is 10.4 Å². The minimum Gasteiger partial charge on any atom is -0.372 e. The first kappa shape index (κ1) is 16.1. The largest absolute Gasteiger partial charge is 0.372 e. The maximum absolute atomic E-state index is 6.05. The van der Waals surface area contributed by atoms with Crippen molar-refractivity contribution in [1.82, 2.24) is 19.6 Å². The molecule has 0 amide bonds. The standard InChI is InChI=1S/C19H18N4OS2/c1-10(2)13-8-12-14(9-24-13)26-18-15(12)17-21-22-19(25)23(17)16(20-18)11-6-4-3-5-7-11/h3-7,10,13H,8-9H2,1-2H3,(H,22,25). The molecule has 0 aliphatic carbocycles. The fourth-order valence-electron chi connectivity index (χ4n) is 3.60. The highest BCUT2D eigenvalue weighted by Gasteiger charge is 2.28. The number of benzene rings is 1. The Labute approximate surface area is 159 Å². The topological polar surface area (TPSA) is 55.2 Å². The number of hydrogen-bond donors (Lipinski definition) is 1.